The number of nitrogens with zero attached hydrogens (tertiary/aromatic N) is 1. The molecular formula is C21H26N2O4S. The third-order valence-corrected chi connectivity index (χ3v) is 6.24. The average molecular weight is 403 g/mol. The van der Waals surface area contributed by atoms with Crippen LogP contribution < -0.4 is 14.4 Å². The lowest BCUT2D eigenvalue weighted by Crippen LogP contribution is -2.36. The van der Waals surface area contributed by atoms with E-state index < -0.39 is 10.0 Å². The molecule has 1 N–H and O–H groups in total. The maximum atomic E-state index is 12.8. The van der Waals surface area contributed by atoms with Gasteiger partial charge in [-0.2, -0.15) is 0 Å². The summed E-state index contributed by atoms with van der Waals surface area (Å²) in [5.41, 5.74) is 2.32. The van der Waals surface area contributed by atoms with Crippen LogP contribution in [-0.4, -0.2) is 28.0 Å². The van der Waals surface area contributed by atoms with E-state index in [2.05, 4.69) is 18.6 Å². The molecular weight excluding hydrogens is 376 g/mol. The van der Waals surface area contributed by atoms with Crippen LogP contribution in [0.2, 0.25) is 0 Å². The zero-order valence-corrected chi connectivity index (χ0v) is 17.3. The highest BCUT2D eigenvalue weighted by molar-refractivity contribution is 7.92. The van der Waals surface area contributed by atoms with Gasteiger partial charge in [0.05, 0.1) is 7.11 Å². The number of benzene rings is 2. The minimum Gasteiger partial charge on any atom is -0.495 e. The molecule has 150 valence electrons. The molecule has 1 amide bonds. The van der Waals surface area contributed by atoms with Gasteiger partial charge in [0.1, 0.15) is 10.6 Å². The quantitative estimate of drug-likeness (QED) is 0.764. The van der Waals surface area contributed by atoms with E-state index in [0.29, 0.717) is 36.7 Å². The molecule has 7 heteroatoms. The first-order valence-electron chi connectivity index (χ1n) is 9.41. The number of amides is 1. The molecule has 0 unspecified atom stereocenters. The highest BCUT2D eigenvalue weighted by atomic mass is 32.2. The lowest BCUT2D eigenvalue weighted by atomic mass is 9.99. The van der Waals surface area contributed by atoms with E-state index in [4.69, 9.17) is 4.74 Å². The van der Waals surface area contributed by atoms with Gasteiger partial charge in [0.25, 0.3) is 10.0 Å². The highest BCUT2D eigenvalue weighted by Gasteiger charge is 2.25. The zero-order chi connectivity index (χ0) is 20.3. The van der Waals surface area contributed by atoms with Crippen molar-refractivity contribution in [3.05, 3.63) is 48.0 Å². The number of aryl methyl sites for hydroxylation is 1. The number of methoxy groups -OCH3 is 1. The molecule has 0 saturated carbocycles. The fourth-order valence-corrected chi connectivity index (χ4v) is 4.53. The summed E-state index contributed by atoms with van der Waals surface area (Å²) in [4.78, 5) is 14.2. The van der Waals surface area contributed by atoms with E-state index in [9.17, 15) is 13.2 Å². The van der Waals surface area contributed by atoms with Crippen LogP contribution in [0.4, 0.5) is 11.4 Å². The number of para-hydroxylation sites is 1. The number of hydrogen-bond acceptors (Lipinski definition) is 4. The van der Waals surface area contributed by atoms with Gasteiger partial charge in [0, 0.05) is 24.3 Å². The Labute approximate surface area is 166 Å². The first kappa shape index (κ1) is 20.2. The van der Waals surface area contributed by atoms with Gasteiger partial charge >= 0.3 is 0 Å². The monoisotopic (exact) mass is 402 g/mol. The number of hydrogen-bond donors (Lipinski definition) is 1. The van der Waals surface area contributed by atoms with Gasteiger partial charge in [-0.3, -0.25) is 9.52 Å². The van der Waals surface area contributed by atoms with E-state index in [1.165, 1.54) is 13.2 Å². The van der Waals surface area contributed by atoms with Gasteiger partial charge in [-0.1, -0.05) is 26.0 Å². The summed E-state index contributed by atoms with van der Waals surface area (Å²) in [7, 11) is -2.34. The van der Waals surface area contributed by atoms with Crippen molar-refractivity contribution in [3.8, 4) is 5.75 Å². The van der Waals surface area contributed by atoms with Crippen LogP contribution in [0.5, 0.6) is 5.75 Å². The Hall–Kier alpha value is -2.54. The summed E-state index contributed by atoms with van der Waals surface area (Å²) < 4.78 is 33.4. The number of sulfonamides is 1. The summed E-state index contributed by atoms with van der Waals surface area (Å²) in [6.07, 6.45) is 1.97. The molecule has 0 fully saturated rings. The van der Waals surface area contributed by atoms with E-state index in [-0.39, 0.29) is 10.8 Å². The Morgan fingerprint density at radius 3 is 2.61 bits per heavy atom. The van der Waals surface area contributed by atoms with Crippen LogP contribution in [0, 0.1) is 5.92 Å². The normalized spacial score (nSPS) is 14.1. The van der Waals surface area contributed by atoms with Crippen molar-refractivity contribution in [2.24, 2.45) is 5.92 Å². The summed E-state index contributed by atoms with van der Waals surface area (Å²) in [5.74, 6) is 0.916. The fourth-order valence-electron chi connectivity index (χ4n) is 3.31. The van der Waals surface area contributed by atoms with Gasteiger partial charge < -0.3 is 9.64 Å². The lowest BCUT2D eigenvalue weighted by molar-refractivity contribution is -0.118. The SMILES string of the molecule is COc1ccccc1S(=O)(=O)Nc1ccc2c(c1)CCC(=O)N2CCC(C)C. The molecule has 0 radical (unpaired) electrons. The third kappa shape index (κ3) is 4.30. The molecule has 0 saturated heterocycles. The molecule has 2 aromatic rings. The lowest BCUT2D eigenvalue weighted by Gasteiger charge is -2.30. The van der Waals surface area contributed by atoms with Crippen LogP contribution in [0.1, 0.15) is 32.3 Å². The van der Waals surface area contributed by atoms with E-state index >= 15 is 0 Å². The molecule has 0 aromatic heterocycles. The molecule has 1 heterocycles. The van der Waals surface area contributed by atoms with Crippen LogP contribution >= 0.6 is 0 Å². The molecule has 0 aliphatic carbocycles. The van der Waals surface area contributed by atoms with E-state index in [1.807, 2.05) is 17.0 Å². The van der Waals surface area contributed by atoms with Gasteiger partial charge in [0.15, 0.2) is 0 Å². The Balaban J connectivity index is 1.86. The van der Waals surface area contributed by atoms with Crippen molar-refractivity contribution in [1.29, 1.82) is 0 Å². The van der Waals surface area contributed by atoms with E-state index in [1.54, 1.807) is 24.3 Å². The third-order valence-electron chi connectivity index (χ3n) is 4.82. The number of carbonyl (C=O) groups excluding carboxylic acids is 1. The summed E-state index contributed by atoms with van der Waals surface area (Å²) >= 11 is 0. The molecule has 6 nitrogen and oxygen atoms in total. The second-order valence-corrected chi connectivity index (χ2v) is 8.98. The van der Waals surface area contributed by atoms with Crippen LogP contribution in [0.3, 0.4) is 0 Å². The number of fused-ring (bicyclic) bond motifs is 1. The molecule has 0 bridgehead atoms. The molecule has 28 heavy (non-hydrogen) atoms. The second-order valence-electron chi connectivity index (χ2n) is 7.33. The smallest absolute Gasteiger partial charge is 0.265 e. The minimum atomic E-state index is -3.78. The van der Waals surface area contributed by atoms with Crippen LogP contribution in [0.25, 0.3) is 0 Å². The largest absolute Gasteiger partial charge is 0.495 e. The zero-order valence-electron chi connectivity index (χ0n) is 16.4. The first-order chi connectivity index (χ1) is 13.3. The maximum Gasteiger partial charge on any atom is 0.265 e. The van der Waals surface area contributed by atoms with Crippen molar-refractivity contribution in [3.63, 3.8) is 0 Å². The van der Waals surface area contributed by atoms with Gasteiger partial charge in [-0.15, -0.1) is 0 Å². The van der Waals surface area contributed by atoms with Crippen molar-refractivity contribution < 1.29 is 17.9 Å². The number of ether oxygens (including phenoxy) is 1. The highest BCUT2D eigenvalue weighted by Crippen LogP contribution is 2.32. The summed E-state index contributed by atoms with van der Waals surface area (Å²) in [6.45, 7) is 4.94. The Bertz CT molecular complexity index is 970. The average Bonchev–Trinajstić information content (AvgIpc) is 2.66. The predicted octanol–water partition coefficient (Wildman–Crippen LogP) is 3.82. The summed E-state index contributed by atoms with van der Waals surface area (Å²) in [6, 6.07) is 11.8. The molecule has 1 aliphatic heterocycles. The molecule has 0 atom stereocenters. The van der Waals surface area contributed by atoms with Crippen molar-refractivity contribution in [2.75, 3.05) is 23.3 Å². The standard InChI is InChI=1S/C21H26N2O4S/c1-15(2)12-13-23-18-10-9-17(14-16(18)8-11-21(23)24)22-28(25,26)20-7-5-4-6-19(20)27-3/h4-7,9-10,14-15,22H,8,11-13H2,1-3H3. The van der Waals surface area contributed by atoms with Crippen molar-refractivity contribution in [1.82, 2.24) is 0 Å². The molecule has 0 spiro atoms. The Morgan fingerprint density at radius 2 is 1.89 bits per heavy atom. The Kier molecular flexibility index (Phi) is 5.93. The van der Waals surface area contributed by atoms with Crippen LogP contribution in [0.15, 0.2) is 47.4 Å². The number of rotatable bonds is 7. The van der Waals surface area contributed by atoms with Gasteiger partial charge in [-0.05, 0) is 54.7 Å². The van der Waals surface area contributed by atoms with Crippen molar-refractivity contribution >= 4 is 27.3 Å². The molecule has 1 aliphatic rings. The topological polar surface area (TPSA) is 75.7 Å². The molecule has 3 rings (SSSR count). The number of nitrogens with one attached hydrogen (secondary N) is 1. The minimum absolute atomic E-state index is 0.0870. The van der Waals surface area contributed by atoms with Gasteiger partial charge in [-0.25, -0.2) is 8.42 Å². The number of anilines is 2. The predicted molar refractivity (Wildman–Crippen MR) is 110 cm³/mol. The summed E-state index contributed by atoms with van der Waals surface area (Å²) in [5, 5.41) is 0. The van der Waals surface area contributed by atoms with Crippen LogP contribution in [-0.2, 0) is 21.2 Å². The molecule has 2 aromatic carbocycles. The first-order valence-corrected chi connectivity index (χ1v) is 10.9. The second kappa shape index (κ2) is 8.22. The number of carbonyl (C=O) groups is 1. The van der Waals surface area contributed by atoms with Gasteiger partial charge in [0.2, 0.25) is 5.91 Å². The van der Waals surface area contributed by atoms with E-state index in [0.717, 1.165) is 17.7 Å². The van der Waals surface area contributed by atoms with Crippen molar-refractivity contribution in [2.45, 2.75) is 38.0 Å². The Morgan fingerprint density at radius 1 is 1.14 bits per heavy atom. The fraction of sp³-hybridized carbons (Fsp3) is 0.381. The maximum absolute atomic E-state index is 12.8.